The van der Waals surface area contributed by atoms with Gasteiger partial charge in [-0.3, -0.25) is 20.2 Å². The molecule has 158 valence electrons. The molecule has 5 heterocycles. The number of nitrogens with zero attached hydrogens (tertiary/aromatic N) is 5. The summed E-state index contributed by atoms with van der Waals surface area (Å²) >= 11 is 1.63. The molecule has 4 aromatic rings. The molecule has 0 amide bonds. The SMILES string of the molecule is c1cc2ncc(N3CCOCC3)cc2cc1Sc1nnc2ccc(C3CNNC3)cn12. The number of pyridine rings is 2. The largest absolute Gasteiger partial charge is 0.378 e. The molecule has 2 aliphatic rings. The van der Waals surface area contributed by atoms with E-state index in [0.29, 0.717) is 5.92 Å². The van der Waals surface area contributed by atoms with Crippen LogP contribution in [0.5, 0.6) is 0 Å². The van der Waals surface area contributed by atoms with Crippen LogP contribution in [0.3, 0.4) is 0 Å². The molecule has 0 radical (unpaired) electrons. The Labute approximate surface area is 184 Å². The predicted octanol–water partition coefficient (Wildman–Crippen LogP) is 2.46. The third-order valence-corrected chi connectivity index (χ3v) is 6.86. The quantitative estimate of drug-likeness (QED) is 0.508. The highest BCUT2D eigenvalue weighted by Gasteiger charge is 2.18. The van der Waals surface area contributed by atoms with E-state index in [4.69, 9.17) is 4.74 Å². The number of morpholine rings is 1. The third kappa shape index (κ3) is 3.74. The van der Waals surface area contributed by atoms with Gasteiger partial charge < -0.3 is 9.64 Å². The van der Waals surface area contributed by atoms with Crippen molar-refractivity contribution in [3.63, 3.8) is 0 Å². The Kier molecular flexibility index (Phi) is 4.95. The summed E-state index contributed by atoms with van der Waals surface area (Å²) in [4.78, 5) is 8.12. The van der Waals surface area contributed by atoms with Gasteiger partial charge in [-0.15, -0.1) is 10.2 Å². The lowest BCUT2D eigenvalue weighted by molar-refractivity contribution is 0.122. The molecular weight excluding hydrogens is 410 g/mol. The molecule has 0 atom stereocenters. The van der Waals surface area contributed by atoms with Crippen LogP contribution in [0, 0.1) is 0 Å². The maximum Gasteiger partial charge on any atom is 0.200 e. The molecule has 31 heavy (non-hydrogen) atoms. The third-order valence-electron chi connectivity index (χ3n) is 5.91. The monoisotopic (exact) mass is 433 g/mol. The lowest BCUT2D eigenvalue weighted by atomic mass is 10.0. The van der Waals surface area contributed by atoms with Crippen LogP contribution in [0.25, 0.3) is 16.6 Å². The number of fused-ring (bicyclic) bond motifs is 2. The van der Waals surface area contributed by atoms with Gasteiger partial charge in [0.25, 0.3) is 0 Å². The van der Waals surface area contributed by atoms with Crippen LogP contribution in [0.1, 0.15) is 11.5 Å². The van der Waals surface area contributed by atoms with E-state index in [1.54, 1.807) is 11.8 Å². The van der Waals surface area contributed by atoms with E-state index in [9.17, 15) is 0 Å². The van der Waals surface area contributed by atoms with Gasteiger partial charge in [0.2, 0.25) is 0 Å². The Morgan fingerprint density at radius 3 is 2.74 bits per heavy atom. The highest BCUT2D eigenvalue weighted by atomic mass is 32.2. The highest BCUT2D eigenvalue weighted by molar-refractivity contribution is 7.99. The number of hydrogen-bond acceptors (Lipinski definition) is 8. The first kappa shape index (κ1) is 19.0. The number of hydrogen-bond donors (Lipinski definition) is 2. The van der Waals surface area contributed by atoms with Gasteiger partial charge in [0.1, 0.15) is 0 Å². The summed E-state index contributed by atoms with van der Waals surface area (Å²) in [6, 6.07) is 12.8. The van der Waals surface area contributed by atoms with Gasteiger partial charge in [-0.05, 0) is 47.7 Å². The molecule has 6 rings (SSSR count). The summed E-state index contributed by atoms with van der Waals surface area (Å²) in [5.41, 5.74) is 10.7. The van der Waals surface area contributed by atoms with Crippen LogP contribution in [-0.4, -0.2) is 59.0 Å². The molecule has 0 bridgehead atoms. The molecule has 8 nitrogen and oxygen atoms in total. The van der Waals surface area contributed by atoms with Crippen LogP contribution in [0.15, 0.2) is 58.8 Å². The van der Waals surface area contributed by atoms with Crippen molar-refractivity contribution >= 4 is 34.0 Å². The molecule has 1 aromatic carbocycles. The molecule has 2 fully saturated rings. The molecule has 0 spiro atoms. The fourth-order valence-electron chi connectivity index (χ4n) is 4.16. The van der Waals surface area contributed by atoms with Gasteiger partial charge in [0.15, 0.2) is 10.8 Å². The molecule has 9 heteroatoms. The van der Waals surface area contributed by atoms with E-state index >= 15 is 0 Å². The van der Waals surface area contributed by atoms with Crippen molar-refractivity contribution in [2.45, 2.75) is 16.0 Å². The van der Waals surface area contributed by atoms with Gasteiger partial charge in [0.05, 0.1) is 30.6 Å². The first-order valence-electron chi connectivity index (χ1n) is 10.5. The minimum absolute atomic E-state index is 0.454. The summed E-state index contributed by atoms with van der Waals surface area (Å²) in [6.07, 6.45) is 4.12. The van der Waals surface area contributed by atoms with E-state index in [1.165, 1.54) is 5.56 Å². The fraction of sp³-hybridized carbons (Fsp3) is 0.318. The van der Waals surface area contributed by atoms with Crippen molar-refractivity contribution in [1.82, 2.24) is 30.4 Å². The summed E-state index contributed by atoms with van der Waals surface area (Å²) < 4.78 is 7.56. The Morgan fingerprint density at radius 1 is 1.00 bits per heavy atom. The average molecular weight is 434 g/mol. The summed E-state index contributed by atoms with van der Waals surface area (Å²) in [7, 11) is 0. The number of ether oxygens (including phenoxy) is 1. The molecule has 0 aliphatic carbocycles. The molecule has 2 aliphatic heterocycles. The van der Waals surface area contributed by atoms with E-state index in [1.807, 2.05) is 12.3 Å². The zero-order valence-electron chi connectivity index (χ0n) is 17.0. The molecule has 0 saturated carbocycles. The van der Waals surface area contributed by atoms with Crippen molar-refractivity contribution in [3.8, 4) is 0 Å². The van der Waals surface area contributed by atoms with E-state index in [2.05, 4.69) is 71.9 Å². The van der Waals surface area contributed by atoms with E-state index < -0.39 is 0 Å². The van der Waals surface area contributed by atoms with Crippen LogP contribution in [0.2, 0.25) is 0 Å². The first-order chi connectivity index (χ1) is 15.3. The Bertz CT molecular complexity index is 1230. The zero-order valence-corrected chi connectivity index (χ0v) is 17.8. The molecule has 2 saturated heterocycles. The van der Waals surface area contributed by atoms with E-state index in [0.717, 1.165) is 71.7 Å². The van der Waals surface area contributed by atoms with Crippen LogP contribution in [0.4, 0.5) is 5.69 Å². The van der Waals surface area contributed by atoms with Crippen molar-refractivity contribution in [2.24, 2.45) is 0 Å². The second-order valence-corrected chi connectivity index (χ2v) is 8.92. The second kappa shape index (κ2) is 8.08. The Morgan fingerprint density at radius 2 is 1.87 bits per heavy atom. The van der Waals surface area contributed by atoms with Gasteiger partial charge in [-0.2, -0.15) is 0 Å². The van der Waals surface area contributed by atoms with Gasteiger partial charge in [-0.1, -0.05) is 6.07 Å². The number of hydrazine groups is 1. The van der Waals surface area contributed by atoms with Gasteiger partial charge >= 0.3 is 0 Å². The van der Waals surface area contributed by atoms with E-state index in [-0.39, 0.29) is 0 Å². The fourth-order valence-corrected chi connectivity index (χ4v) is 5.02. The summed E-state index contributed by atoms with van der Waals surface area (Å²) in [5, 5.41) is 10.8. The van der Waals surface area contributed by atoms with Crippen molar-refractivity contribution in [1.29, 1.82) is 0 Å². The summed E-state index contributed by atoms with van der Waals surface area (Å²) in [5.74, 6) is 0.454. The summed E-state index contributed by atoms with van der Waals surface area (Å²) in [6.45, 7) is 5.20. The minimum Gasteiger partial charge on any atom is -0.378 e. The molecule has 3 aromatic heterocycles. The zero-order chi connectivity index (χ0) is 20.6. The number of rotatable bonds is 4. The number of nitrogens with one attached hydrogen (secondary N) is 2. The van der Waals surface area contributed by atoms with Crippen LogP contribution >= 0.6 is 11.8 Å². The van der Waals surface area contributed by atoms with Crippen LogP contribution < -0.4 is 15.8 Å². The number of benzene rings is 1. The minimum atomic E-state index is 0.454. The number of anilines is 1. The molecule has 0 unspecified atom stereocenters. The lowest BCUT2D eigenvalue weighted by Gasteiger charge is -2.28. The van der Waals surface area contributed by atoms with Crippen molar-refractivity contribution in [3.05, 3.63) is 54.4 Å². The predicted molar refractivity (Wildman–Crippen MR) is 121 cm³/mol. The topological polar surface area (TPSA) is 79.6 Å². The van der Waals surface area contributed by atoms with Crippen molar-refractivity contribution < 1.29 is 4.74 Å². The smallest absolute Gasteiger partial charge is 0.200 e. The normalized spacial score (nSPS) is 17.7. The first-order valence-corrected chi connectivity index (χ1v) is 11.4. The molecule has 2 N–H and O–H groups in total. The average Bonchev–Trinajstić information content (AvgIpc) is 3.50. The maximum atomic E-state index is 5.47. The van der Waals surface area contributed by atoms with Gasteiger partial charge in [-0.25, -0.2) is 0 Å². The number of aromatic nitrogens is 4. The lowest BCUT2D eigenvalue weighted by Crippen LogP contribution is -2.36. The highest BCUT2D eigenvalue weighted by Crippen LogP contribution is 2.31. The van der Waals surface area contributed by atoms with Gasteiger partial charge in [0, 0.05) is 48.6 Å². The Hall–Kier alpha value is -2.72. The second-order valence-electron chi connectivity index (χ2n) is 7.88. The maximum absolute atomic E-state index is 5.47. The van der Waals surface area contributed by atoms with Crippen LogP contribution in [-0.2, 0) is 4.74 Å². The van der Waals surface area contributed by atoms with Crippen molar-refractivity contribution in [2.75, 3.05) is 44.3 Å². The molecular formula is C22H23N7OS. The Balaban J connectivity index is 1.30. The standard InChI is InChI=1S/C22H23N7OS/c1-4-21-26-27-22(29(21)14-15(1)17-11-24-25-12-17)31-19-2-3-20-16(10-19)9-18(13-23-20)28-5-7-30-8-6-28/h1-4,9-10,13-14,17,24-25H,5-8,11-12H2.